The second-order valence-electron chi connectivity index (χ2n) is 5.98. The van der Waals surface area contributed by atoms with E-state index in [2.05, 4.69) is 5.18 Å². The molecule has 92 valence electrons. The number of aliphatic hydroxyl groups is 1. The smallest absolute Gasteiger partial charge is 0.128 e. The molecule has 0 bridgehead atoms. The molecule has 0 saturated heterocycles. The van der Waals surface area contributed by atoms with Crippen LogP contribution in [0.15, 0.2) is 29.4 Å². The lowest BCUT2D eigenvalue weighted by atomic mass is 9.59. The molecular weight excluding hydrogens is 214 g/mol. The molecule has 3 heteroatoms. The molecule has 0 saturated carbocycles. The van der Waals surface area contributed by atoms with Crippen LogP contribution < -0.4 is 0 Å². The molecule has 0 aliphatic heterocycles. The predicted molar refractivity (Wildman–Crippen MR) is 68.1 cm³/mol. The van der Waals surface area contributed by atoms with E-state index in [1.165, 1.54) is 0 Å². The lowest BCUT2D eigenvalue weighted by molar-refractivity contribution is 0.0374. The maximum absolute atomic E-state index is 11.1. The van der Waals surface area contributed by atoms with Crippen LogP contribution in [0.3, 0.4) is 0 Å². The summed E-state index contributed by atoms with van der Waals surface area (Å²) in [5, 5.41) is 13.6. The summed E-state index contributed by atoms with van der Waals surface area (Å²) < 4.78 is 0. The summed E-state index contributed by atoms with van der Waals surface area (Å²) in [4.78, 5) is 11.1. The minimum atomic E-state index is -0.745. The van der Waals surface area contributed by atoms with Crippen LogP contribution in [0.1, 0.15) is 38.8 Å². The van der Waals surface area contributed by atoms with Crippen molar-refractivity contribution in [2.45, 2.75) is 50.7 Å². The van der Waals surface area contributed by atoms with Gasteiger partial charge in [0.05, 0.1) is 6.10 Å². The van der Waals surface area contributed by atoms with Crippen molar-refractivity contribution in [2.75, 3.05) is 0 Å². The Morgan fingerprint density at radius 1 is 1.06 bits per heavy atom. The maximum atomic E-state index is 11.1. The van der Waals surface area contributed by atoms with E-state index in [0.717, 1.165) is 11.1 Å². The Bertz CT molecular complexity index is 451. The molecule has 0 spiro atoms. The molecular formula is C14H19NO2. The normalized spacial score (nSPS) is 29.5. The van der Waals surface area contributed by atoms with Crippen LogP contribution in [0, 0.1) is 4.91 Å². The lowest BCUT2D eigenvalue weighted by Crippen LogP contribution is -2.55. The van der Waals surface area contributed by atoms with Crippen molar-refractivity contribution in [3.63, 3.8) is 0 Å². The highest BCUT2D eigenvalue weighted by Crippen LogP contribution is 2.46. The zero-order chi connectivity index (χ0) is 12.8. The first-order valence-electron chi connectivity index (χ1n) is 5.94. The first-order valence-corrected chi connectivity index (χ1v) is 5.94. The van der Waals surface area contributed by atoms with Crippen molar-refractivity contribution in [3.05, 3.63) is 40.3 Å². The topological polar surface area (TPSA) is 49.7 Å². The Morgan fingerprint density at radius 2 is 1.53 bits per heavy atom. The van der Waals surface area contributed by atoms with Crippen LogP contribution in [0.2, 0.25) is 0 Å². The Balaban J connectivity index is 2.72. The van der Waals surface area contributed by atoms with E-state index >= 15 is 0 Å². The second kappa shape index (κ2) is 3.64. The monoisotopic (exact) mass is 233 g/mol. The zero-order valence-corrected chi connectivity index (χ0v) is 10.8. The minimum absolute atomic E-state index is 0.423. The molecule has 0 amide bonds. The maximum Gasteiger partial charge on any atom is 0.128 e. The molecule has 2 rings (SSSR count). The number of benzene rings is 1. The van der Waals surface area contributed by atoms with Gasteiger partial charge in [-0.2, -0.15) is 4.91 Å². The molecule has 1 aromatic carbocycles. The second-order valence-corrected chi connectivity index (χ2v) is 5.98. The van der Waals surface area contributed by atoms with Gasteiger partial charge in [-0.3, -0.25) is 0 Å². The summed E-state index contributed by atoms with van der Waals surface area (Å²) >= 11 is 0. The molecule has 2 atom stereocenters. The standard InChI is InChI=1S/C14H19NO2/c1-13(2)9-7-5-6-8-10(9)14(3,4)12(16)11(13)15-17/h5-8,11-12,16H,1-4H3. The fourth-order valence-corrected chi connectivity index (χ4v) is 2.90. The van der Waals surface area contributed by atoms with Gasteiger partial charge in [0.2, 0.25) is 0 Å². The summed E-state index contributed by atoms with van der Waals surface area (Å²) in [5.41, 5.74) is 1.36. The first kappa shape index (κ1) is 12.2. The third kappa shape index (κ3) is 1.53. The van der Waals surface area contributed by atoms with Crippen LogP contribution in [0.4, 0.5) is 0 Å². The van der Waals surface area contributed by atoms with E-state index in [9.17, 15) is 10.0 Å². The van der Waals surface area contributed by atoms with Gasteiger partial charge in [0.15, 0.2) is 0 Å². The molecule has 2 unspecified atom stereocenters. The average molecular weight is 233 g/mol. The predicted octanol–water partition coefficient (Wildman–Crippen LogP) is 2.75. The highest BCUT2D eigenvalue weighted by molar-refractivity contribution is 5.44. The Kier molecular flexibility index (Phi) is 2.62. The molecule has 1 aliphatic carbocycles. The van der Waals surface area contributed by atoms with Gasteiger partial charge in [-0.25, -0.2) is 0 Å². The van der Waals surface area contributed by atoms with Crippen molar-refractivity contribution < 1.29 is 5.11 Å². The van der Waals surface area contributed by atoms with Gasteiger partial charge in [-0.15, -0.1) is 0 Å². The van der Waals surface area contributed by atoms with Crippen LogP contribution in [-0.2, 0) is 10.8 Å². The quantitative estimate of drug-likeness (QED) is 0.758. The van der Waals surface area contributed by atoms with Crippen molar-refractivity contribution in [2.24, 2.45) is 5.18 Å². The highest BCUT2D eigenvalue weighted by Gasteiger charge is 2.51. The third-order valence-corrected chi connectivity index (χ3v) is 4.21. The Hall–Kier alpha value is -1.22. The van der Waals surface area contributed by atoms with Gasteiger partial charge in [-0.1, -0.05) is 57.1 Å². The highest BCUT2D eigenvalue weighted by atomic mass is 16.3. The number of nitrogens with zero attached hydrogens (tertiary/aromatic N) is 1. The molecule has 17 heavy (non-hydrogen) atoms. The van der Waals surface area contributed by atoms with E-state index in [1.807, 2.05) is 52.0 Å². The fourth-order valence-electron chi connectivity index (χ4n) is 2.90. The van der Waals surface area contributed by atoms with Crippen LogP contribution in [0.25, 0.3) is 0 Å². The van der Waals surface area contributed by atoms with Crippen molar-refractivity contribution in [1.29, 1.82) is 0 Å². The zero-order valence-electron chi connectivity index (χ0n) is 10.8. The molecule has 0 fully saturated rings. The number of hydrogen-bond acceptors (Lipinski definition) is 3. The number of rotatable bonds is 1. The van der Waals surface area contributed by atoms with Crippen LogP contribution >= 0.6 is 0 Å². The largest absolute Gasteiger partial charge is 0.390 e. The third-order valence-electron chi connectivity index (χ3n) is 4.21. The van der Waals surface area contributed by atoms with Crippen molar-refractivity contribution in [3.8, 4) is 0 Å². The van der Waals surface area contributed by atoms with E-state index in [1.54, 1.807) is 0 Å². The summed E-state index contributed by atoms with van der Waals surface area (Å²) in [6.07, 6.45) is -0.745. The number of aliphatic hydroxyl groups excluding tert-OH is 1. The molecule has 0 heterocycles. The SMILES string of the molecule is CC1(C)c2ccccc2C(C)(C)C(N=O)C1O. The van der Waals surface area contributed by atoms with Crippen molar-refractivity contribution >= 4 is 0 Å². The van der Waals surface area contributed by atoms with E-state index in [0.29, 0.717) is 0 Å². The van der Waals surface area contributed by atoms with Crippen LogP contribution in [-0.4, -0.2) is 17.3 Å². The first-order chi connectivity index (χ1) is 7.83. The summed E-state index contributed by atoms with van der Waals surface area (Å²) in [6.45, 7) is 7.86. The number of hydrogen-bond donors (Lipinski definition) is 1. The van der Waals surface area contributed by atoms with E-state index in [-0.39, 0.29) is 0 Å². The summed E-state index contributed by atoms with van der Waals surface area (Å²) in [5.74, 6) is 0. The van der Waals surface area contributed by atoms with Gasteiger partial charge in [0.1, 0.15) is 6.04 Å². The van der Waals surface area contributed by atoms with Gasteiger partial charge >= 0.3 is 0 Å². The molecule has 0 radical (unpaired) electrons. The van der Waals surface area contributed by atoms with E-state index in [4.69, 9.17) is 0 Å². The van der Waals surface area contributed by atoms with Crippen LogP contribution in [0.5, 0.6) is 0 Å². The molecule has 1 N–H and O–H groups in total. The van der Waals surface area contributed by atoms with Gasteiger partial charge in [0, 0.05) is 10.8 Å². The van der Waals surface area contributed by atoms with Gasteiger partial charge in [-0.05, 0) is 11.1 Å². The summed E-state index contributed by atoms with van der Waals surface area (Å²) in [7, 11) is 0. The molecule has 1 aromatic rings. The molecule has 3 nitrogen and oxygen atoms in total. The van der Waals surface area contributed by atoms with Gasteiger partial charge in [0.25, 0.3) is 0 Å². The van der Waals surface area contributed by atoms with Crippen molar-refractivity contribution in [1.82, 2.24) is 0 Å². The Labute approximate surface area is 102 Å². The molecule has 0 aromatic heterocycles. The molecule has 1 aliphatic rings. The summed E-state index contributed by atoms with van der Waals surface area (Å²) in [6, 6.07) is 7.39. The average Bonchev–Trinajstić information content (AvgIpc) is 2.28. The fraction of sp³-hybridized carbons (Fsp3) is 0.571. The minimum Gasteiger partial charge on any atom is -0.390 e. The number of nitroso groups, excluding NO2 is 1. The lowest BCUT2D eigenvalue weighted by Gasteiger charge is -2.47. The number of fused-ring (bicyclic) bond motifs is 1. The Morgan fingerprint density at radius 3 is 2.00 bits per heavy atom. The van der Waals surface area contributed by atoms with E-state index < -0.39 is 23.0 Å². The van der Waals surface area contributed by atoms with Gasteiger partial charge < -0.3 is 5.11 Å².